The highest BCUT2D eigenvalue weighted by Crippen LogP contribution is 1.96. The van der Waals surface area contributed by atoms with E-state index in [1.165, 1.54) is 0 Å². The van der Waals surface area contributed by atoms with Crippen molar-refractivity contribution in [3.63, 3.8) is 0 Å². The van der Waals surface area contributed by atoms with Gasteiger partial charge in [0.1, 0.15) is 0 Å². The lowest BCUT2D eigenvalue weighted by Crippen LogP contribution is -2.49. The number of hydrazine groups is 1. The van der Waals surface area contributed by atoms with Gasteiger partial charge in [-0.15, -0.1) is 4.83 Å². The first-order chi connectivity index (χ1) is 7.14. The third-order valence-corrected chi connectivity index (χ3v) is 3.48. The van der Waals surface area contributed by atoms with Gasteiger partial charge < -0.3 is 10.1 Å². The number of hydrogen-bond donors (Lipinski definition) is 2. The summed E-state index contributed by atoms with van der Waals surface area (Å²) < 4.78 is 28.2. The molecule has 1 rings (SSSR count). The van der Waals surface area contributed by atoms with E-state index in [0.29, 0.717) is 39.3 Å². The maximum absolute atomic E-state index is 11.6. The molecular weight excluding hydrogens is 218 g/mol. The van der Waals surface area contributed by atoms with E-state index in [0.717, 1.165) is 0 Å². The Bertz CT molecular complexity index is 262. The highest BCUT2D eigenvalue weighted by atomic mass is 32.2. The Morgan fingerprint density at radius 2 is 2.00 bits per heavy atom. The fourth-order valence-corrected chi connectivity index (χ4v) is 2.53. The fraction of sp³-hybridized carbons (Fsp3) is 1.00. The topological polar surface area (TPSA) is 70.7 Å². The standard InChI is InChI=1S/C8H19N3O3S/c1-9-3-2-8-15(12,13)10-11-4-6-14-7-5-11/h9-10H,2-8H2,1H3. The van der Waals surface area contributed by atoms with Crippen molar-refractivity contribution in [2.45, 2.75) is 6.42 Å². The van der Waals surface area contributed by atoms with Gasteiger partial charge in [-0.3, -0.25) is 0 Å². The van der Waals surface area contributed by atoms with Gasteiger partial charge in [0, 0.05) is 13.1 Å². The van der Waals surface area contributed by atoms with E-state index in [4.69, 9.17) is 4.74 Å². The van der Waals surface area contributed by atoms with Crippen molar-refractivity contribution in [1.82, 2.24) is 15.2 Å². The van der Waals surface area contributed by atoms with Crippen LogP contribution in [0.15, 0.2) is 0 Å². The Kier molecular flexibility index (Phi) is 5.48. The maximum Gasteiger partial charge on any atom is 0.224 e. The van der Waals surface area contributed by atoms with Crippen LogP contribution in [0.1, 0.15) is 6.42 Å². The molecule has 0 spiro atoms. The largest absolute Gasteiger partial charge is 0.379 e. The molecule has 7 heteroatoms. The first-order valence-corrected chi connectivity index (χ1v) is 6.77. The van der Waals surface area contributed by atoms with E-state index in [-0.39, 0.29) is 5.75 Å². The maximum atomic E-state index is 11.6. The molecule has 1 aliphatic rings. The van der Waals surface area contributed by atoms with Gasteiger partial charge in [0.2, 0.25) is 10.0 Å². The number of ether oxygens (including phenoxy) is 1. The molecule has 0 aromatic rings. The molecule has 0 aliphatic carbocycles. The molecule has 0 aromatic heterocycles. The molecule has 1 aliphatic heterocycles. The van der Waals surface area contributed by atoms with Crippen LogP contribution < -0.4 is 10.1 Å². The Morgan fingerprint density at radius 3 is 2.60 bits per heavy atom. The first kappa shape index (κ1) is 12.9. The minimum atomic E-state index is -3.17. The molecule has 0 atom stereocenters. The Balaban J connectivity index is 2.27. The summed E-state index contributed by atoms with van der Waals surface area (Å²) in [5.74, 6) is 0.158. The normalized spacial score (nSPS) is 19.3. The van der Waals surface area contributed by atoms with E-state index in [1.807, 2.05) is 7.05 Å². The monoisotopic (exact) mass is 237 g/mol. The summed E-state index contributed by atoms with van der Waals surface area (Å²) in [5, 5.41) is 4.61. The summed E-state index contributed by atoms with van der Waals surface area (Å²) in [4.78, 5) is 2.55. The van der Waals surface area contributed by atoms with Crippen molar-refractivity contribution in [3.05, 3.63) is 0 Å². The van der Waals surface area contributed by atoms with Crippen LogP contribution in [0.2, 0.25) is 0 Å². The minimum Gasteiger partial charge on any atom is -0.379 e. The molecule has 1 saturated heterocycles. The van der Waals surface area contributed by atoms with Crippen molar-refractivity contribution in [1.29, 1.82) is 0 Å². The zero-order chi connectivity index (χ0) is 11.1. The fourth-order valence-electron chi connectivity index (χ4n) is 1.34. The second-order valence-electron chi connectivity index (χ2n) is 3.47. The van der Waals surface area contributed by atoms with E-state index >= 15 is 0 Å². The molecule has 6 nitrogen and oxygen atoms in total. The van der Waals surface area contributed by atoms with Gasteiger partial charge in [0.05, 0.1) is 19.0 Å². The number of nitrogens with one attached hydrogen (secondary N) is 2. The van der Waals surface area contributed by atoms with E-state index < -0.39 is 10.0 Å². The molecular formula is C8H19N3O3S. The SMILES string of the molecule is CNCCCS(=O)(=O)NN1CCOCC1. The van der Waals surface area contributed by atoms with Crippen LogP contribution in [0.5, 0.6) is 0 Å². The zero-order valence-electron chi connectivity index (χ0n) is 9.03. The number of nitrogens with zero attached hydrogens (tertiary/aromatic N) is 1. The molecule has 1 heterocycles. The first-order valence-electron chi connectivity index (χ1n) is 5.11. The number of sulfonamides is 1. The van der Waals surface area contributed by atoms with Gasteiger partial charge in [-0.2, -0.15) is 0 Å². The Morgan fingerprint density at radius 1 is 1.33 bits per heavy atom. The highest BCUT2D eigenvalue weighted by Gasteiger charge is 2.17. The highest BCUT2D eigenvalue weighted by molar-refractivity contribution is 7.89. The third-order valence-electron chi connectivity index (χ3n) is 2.12. The van der Waals surface area contributed by atoms with Crippen LogP contribution in [0.4, 0.5) is 0 Å². The molecule has 0 radical (unpaired) electrons. The summed E-state index contributed by atoms with van der Waals surface area (Å²) in [6.07, 6.45) is 0.621. The van der Waals surface area contributed by atoms with Crippen LogP contribution in [0.25, 0.3) is 0 Å². The molecule has 0 aromatic carbocycles. The second-order valence-corrected chi connectivity index (χ2v) is 5.29. The summed E-state index contributed by atoms with van der Waals surface area (Å²) in [7, 11) is -1.37. The van der Waals surface area contributed by atoms with E-state index in [1.54, 1.807) is 5.01 Å². The number of rotatable bonds is 6. The molecule has 90 valence electrons. The molecule has 15 heavy (non-hydrogen) atoms. The van der Waals surface area contributed by atoms with Crippen molar-refractivity contribution < 1.29 is 13.2 Å². The number of hydrogen-bond acceptors (Lipinski definition) is 5. The van der Waals surface area contributed by atoms with E-state index in [2.05, 4.69) is 10.1 Å². The summed E-state index contributed by atoms with van der Waals surface area (Å²) in [6, 6.07) is 0. The Labute approximate surface area is 91.0 Å². The van der Waals surface area contributed by atoms with Gasteiger partial charge >= 0.3 is 0 Å². The van der Waals surface area contributed by atoms with Crippen molar-refractivity contribution in [2.75, 3.05) is 45.6 Å². The van der Waals surface area contributed by atoms with Gasteiger partial charge in [-0.25, -0.2) is 13.4 Å². The Hall–Kier alpha value is -0.210. The van der Waals surface area contributed by atoms with Gasteiger partial charge in [-0.05, 0) is 20.0 Å². The molecule has 0 bridgehead atoms. The smallest absolute Gasteiger partial charge is 0.224 e. The summed E-state index contributed by atoms with van der Waals surface area (Å²) in [5.41, 5.74) is 0. The molecule has 1 fully saturated rings. The van der Waals surface area contributed by atoms with Crippen LogP contribution in [-0.4, -0.2) is 59.1 Å². The van der Waals surface area contributed by atoms with Crippen molar-refractivity contribution in [2.24, 2.45) is 0 Å². The van der Waals surface area contributed by atoms with Crippen LogP contribution >= 0.6 is 0 Å². The van der Waals surface area contributed by atoms with Gasteiger partial charge in [0.25, 0.3) is 0 Å². The summed E-state index contributed by atoms with van der Waals surface area (Å²) >= 11 is 0. The predicted octanol–water partition coefficient (Wildman–Crippen LogP) is -1.24. The molecule has 2 N–H and O–H groups in total. The van der Waals surface area contributed by atoms with E-state index in [9.17, 15) is 8.42 Å². The lowest BCUT2D eigenvalue weighted by atomic mass is 10.5. The van der Waals surface area contributed by atoms with Crippen LogP contribution in [-0.2, 0) is 14.8 Å². The molecule has 0 unspecified atom stereocenters. The average Bonchev–Trinajstić information content (AvgIpc) is 2.18. The predicted molar refractivity (Wildman–Crippen MR) is 57.9 cm³/mol. The minimum absolute atomic E-state index is 0.158. The van der Waals surface area contributed by atoms with Gasteiger partial charge in [-0.1, -0.05) is 0 Å². The summed E-state index contributed by atoms with van der Waals surface area (Å²) in [6.45, 7) is 3.11. The zero-order valence-corrected chi connectivity index (χ0v) is 9.85. The lowest BCUT2D eigenvalue weighted by molar-refractivity contribution is 0.0272. The molecule has 0 amide bonds. The van der Waals surface area contributed by atoms with Crippen LogP contribution in [0, 0.1) is 0 Å². The second kappa shape index (κ2) is 6.39. The van der Waals surface area contributed by atoms with Gasteiger partial charge in [0.15, 0.2) is 0 Å². The van der Waals surface area contributed by atoms with Crippen LogP contribution in [0.3, 0.4) is 0 Å². The quantitative estimate of drug-likeness (QED) is 0.566. The third kappa shape index (κ3) is 5.43. The van der Waals surface area contributed by atoms with Crippen molar-refractivity contribution >= 4 is 10.0 Å². The van der Waals surface area contributed by atoms with Crippen molar-refractivity contribution in [3.8, 4) is 0 Å². The molecule has 0 saturated carbocycles. The average molecular weight is 237 g/mol. The number of morpholine rings is 1. The lowest BCUT2D eigenvalue weighted by Gasteiger charge is -2.26.